The molecule has 0 N–H and O–H groups in total. The van der Waals surface area contributed by atoms with Gasteiger partial charge in [-0.1, -0.05) is 6.07 Å². The number of pyridine rings is 1. The van der Waals surface area contributed by atoms with E-state index in [0.717, 1.165) is 16.7 Å². The van der Waals surface area contributed by atoms with E-state index in [-0.39, 0.29) is 28.6 Å². The van der Waals surface area contributed by atoms with Crippen molar-refractivity contribution in [2.24, 2.45) is 0 Å². The van der Waals surface area contributed by atoms with Crippen molar-refractivity contribution in [2.45, 2.75) is 26.8 Å². The summed E-state index contributed by atoms with van der Waals surface area (Å²) < 4.78 is 15.0. The number of hydrogen-bond acceptors (Lipinski definition) is 1. The van der Waals surface area contributed by atoms with Crippen LogP contribution in [0.4, 0.5) is 4.39 Å². The van der Waals surface area contributed by atoms with Crippen molar-refractivity contribution < 1.29 is 30.7 Å². The highest BCUT2D eigenvalue weighted by molar-refractivity contribution is 5.80. The largest absolute Gasteiger partial charge is 1.00 e. The lowest BCUT2D eigenvalue weighted by Crippen LogP contribution is -3.00. The van der Waals surface area contributed by atoms with Gasteiger partial charge in [-0.25, -0.2) is 4.39 Å². The van der Waals surface area contributed by atoms with Crippen LogP contribution >= 0.6 is 0 Å². The SMILES string of the molecule is Cc1cc(F)cc(C)c1CC(=O)C[n+]1ccccc1.[Br-]. The minimum atomic E-state index is -0.247. The Labute approximate surface area is 129 Å². The second-order valence-electron chi connectivity index (χ2n) is 4.78. The zero-order chi connectivity index (χ0) is 13.8. The van der Waals surface area contributed by atoms with E-state index >= 15 is 0 Å². The topological polar surface area (TPSA) is 20.9 Å². The molecule has 1 heterocycles. The van der Waals surface area contributed by atoms with Gasteiger partial charge in [0.15, 0.2) is 12.4 Å². The van der Waals surface area contributed by atoms with Crippen LogP contribution in [-0.2, 0) is 17.8 Å². The van der Waals surface area contributed by atoms with E-state index in [1.54, 1.807) is 0 Å². The lowest BCUT2D eigenvalue weighted by atomic mass is 9.98. The normalized spacial score (nSPS) is 9.95. The number of nitrogens with zero attached hydrogens (tertiary/aromatic N) is 1. The fourth-order valence-corrected chi connectivity index (χ4v) is 2.22. The number of hydrogen-bond donors (Lipinski definition) is 0. The Bertz CT molecular complexity index is 576. The summed E-state index contributed by atoms with van der Waals surface area (Å²) in [4.78, 5) is 12.1. The number of benzene rings is 1. The first-order chi connectivity index (χ1) is 9.06. The number of carbonyl (C=O) groups excluding carboxylic acids is 1. The maximum Gasteiger partial charge on any atom is 0.206 e. The summed E-state index contributed by atoms with van der Waals surface area (Å²) in [6.07, 6.45) is 4.07. The third kappa shape index (κ3) is 4.23. The van der Waals surface area contributed by atoms with Gasteiger partial charge in [-0.05, 0) is 42.7 Å². The van der Waals surface area contributed by atoms with Gasteiger partial charge in [0.05, 0.1) is 0 Å². The molecule has 0 unspecified atom stereocenters. The van der Waals surface area contributed by atoms with Gasteiger partial charge in [-0.15, -0.1) is 0 Å². The Morgan fingerprint density at radius 1 is 1.10 bits per heavy atom. The number of rotatable bonds is 4. The van der Waals surface area contributed by atoms with Crippen LogP contribution in [0.3, 0.4) is 0 Å². The summed E-state index contributed by atoms with van der Waals surface area (Å²) in [6.45, 7) is 4.03. The highest BCUT2D eigenvalue weighted by Crippen LogP contribution is 2.16. The maximum absolute atomic E-state index is 13.2. The first-order valence-corrected chi connectivity index (χ1v) is 6.27. The molecule has 4 heteroatoms. The Morgan fingerprint density at radius 2 is 1.65 bits per heavy atom. The van der Waals surface area contributed by atoms with Gasteiger partial charge in [-0.2, -0.15) is 4.57 Å². The molecule has 0 spiro atoms. The standard InChI is InChI=1S/C16H17FNO.BrH/c1-12-8-14(17)9-13(2)16(12)10-15(19)11-18-6-4-3-5-7-18;/h3-9H,10-11H2,1-2H3;1H/q+1;/p-1. The molecule has 0 saturated heterocycles. The summed E-state index contributed by atoms with van der Waals surface area (Å²) in [5, 5.41) is 0. The molecule has 0 bridgehead atoms. The molecule has 0 radical (unpaired) electrons. The van der Waals surface area contributed by atoms with E-state index in [9.17, 15) is 9.18 Å². The first-order valence-electron chi connectivity index (χ1n) is 6.27. The second kappa shape index (κ2) is 7.29. The van der Waals surface area contributed by atoms with E-state index in [2.05, 4.69) is 0 Å². The molecule has 2 rings (SSSR count). The van der Waals surface area contributed by atoms with E-state index in [4.69, 9.17) is 0 Å². The van der Waals surface area contributed by atoms with Crippen LogP contribution in [-0.4, -0.2) is 5.78 Å². The van der Waals surface area contributed by atoms with Crippen LogP contribution < -0.4 is 21.5 Å². The fraction of sp³-hybridized carbons (Fsp3) is 0.250. The minimum absolute atomic E-state index is 0. The number of ketones is 1. The maximum atomic E-state index is 13.2. The number of aryl methyl sites for hydroxylation is 2. The van der Waals surface area contributed by atoms with Crippen molar-refractivity contribution in [2.75, 3.05) is 0 Å². The van der Waals surface area contributed by atoms with Gasteiger partial charge in [0, 0.05) is 18.6 Å². The van der Waals surface area contributed by atoms with Crippen LogP contribution in [0.1, 0.15) is 16.7 Å². The molecule has 1 aromatic carbocycles. The lowest BCUT2D eigenvalue weighted by Gasteiger charge is -2.08. The van der Waals surface area contributed by atoms with E-state index < -0.39 is 0 Å². The van der Waals surface area contributed by atoms with E-state index in [1.165, 1.54) is 12.1 Å². The van der Waals surface area contributed by atoms with Gasteiger partial charge >= 0.3 is 0 Å². The van der Waals surface area contributed by atoms with E-state index in [1.807, 2.05) is 49.0 Å². The smallest absolute Gasteiger partial charge is 0.206 e. The van der Waals surface area contributed by atoms with Crippen LogP contribution in [0.5, 0.6) is 0 Å². The molecule has 0 fully saturated rings. The number of carbonyl (C=O) groups is 1. The van der Waals surface area contributed by atoms with Gasteiger partial charge < -0.3 is 17.0 Å². The highest BCUT2D eigenvalue weighted by Gasteiger charge is 2.13. The molecular weight excluding hydrogens is 321 g/mol. The predicted octanol–water partition coefficient (Wildman–Crippen LogP) is -0.454. The molecule has 0 amide bonds. The van der Waals surface area contributed by atoms with Crippen molar-refractivity contribution in [3.05, 3.63) is 65.2 Å². The second-order valence-corrected chi connectivity index (χ2v) is 4.78. The quantitative estimate of drug-likeness (QED) is 0.692. The number of Topliss-reactive ketones (excluding diaryl/α,β-unsaturated/α-hetero) is 1. The molecule has 0 atom stereocenters. The van der Waals surface area contributed by atoms with Crippen molar-refractivity contribution in [1.29, 1.82) is 0 Å². The summed E-state index contributed by atoms with van der Waals surface area (Å²) in [5.41, 5.74) is 2.61. The number of aromatic nitrogens is 1. The third-order valence-corrected chi connectivity index (χ3v) is 3.17. The first kappa shape index (κ1) is 16.5. The molecule has 0 aliphatic rings. The summed E-state index contributed by atoms with van der Waals surface area (Å²) in [7, 11) is 0. The zero-order valence-electron chi connectivity index (χ0n) is 11.6. The molecule has 1 aromatic heterocycles. The van der Waals surface area contributed by atoms with Crippen LogP contribution in [0, 0.1) is 19.7 Å². The Morgan fingerprint density at radius 3 is 2.20 bits per heavy atom. The molecule has 0 aliphatic carbocycles. The minimum Gasteiger partial charge on any atom is -1.00 e. The third-order valence-electron chi connectivity index (χ3n) is 3.17. The number of halogens is 2. The summed E-state index contributed by atoms with van der Waals surface area (Å²) in [6, 6.07) is 8.65. The molecule has 0 aliphatic heterocycles. The van der Waals surface area contributed by atoms with Gasteiger partial charge in [0.2, 0.25) is 12.3 Å². The van der Waals surface area contributed by atoms with Crippen molar-refractivity contribution in [3.63, 3.8) is 0 Å². The van der Waals surface area contributed by atoms with Crippen LogP contribution in [0.15, 0.2) is 42.7 Å². The fourth-order valence-electron chi connectivity index (χ4n) is 2.22. The van der Waals surface area contributed by atoms with Gasteiger partial charge in [-0.3, -0.25) is 4.79 Å². The predicted molar refractivity (Wildman–Crippen MR) is 71.2 cm³/mol. The van der Waals surface area contributed by atoms with Gasteiger partial charge in [0.25, 0.3) is 0 Å². The molecule has 2 aromatic rings. The van der Waals surface area contributed by atoms with Gasteiger partial charge in [0.1, 0.15) is 5.82 Å². The zero-order valence-corrected chi connectivity index (χ0v) is 13.2. The van der Waals surface area contributed by atoms with Crippen molar-refractivity contribution in [1.82, 2.24) is 0 Å². The van der Waals surface area contributed by atoms with Crippen LogP contribution in [0.2, 0.25) is 0 Å². The molecular formula is C16H17BrFNO. The molecule has 106 valence electrons. The highest BCUT2D eigenvalue weighted by atomic mass is 79.9. The Balaban J connectivity index is 0.00000200. The average Bonchev–Trinajstić information content (AvgIpc) is 2.35. The molecule has 0 saturated carbocycles. The van der Waals surface area contributed by atoms with Crippen LogP contribution in [0.25, 0.3) is 0 Å². The van der Waals surface area contributed by atoms with E-state index in [0.29, 0.717) is 13.0 Å². The van der Waals surface area contributed by atoms with Crippen molar-refractivity contribution in [3.8, 4) is 0 Å². The summed E-state index contributed by atoms with van der Waals surface area (Å²) in [5.74, 6) is -0.127. The average molecular weight is 338 g/mol. The lowest BCUT2D eigenvalue weighted by molar-refractivity contribution is -0.684. The Hall–Kier alpha value is -1.55. The molecule has 20 heavy (non-hydrogen) atoms. The summed E-state index contributed by atoms with van der Waals surface area (Å²) >= 11 is 0. The monoisotopic (exact) mass is 337 g/mol. The Kier molecular flexibility index (Phi) is 6.02. The van der Waals surface area contributed by atoms with Crippen molar-refractivity contribution >= 4 is 5.78 Å². The molecule has 2 nitrogen and oxygen atoms in total.